The van der Waals surface area contributed by atoms with Crippen molar-refractivity contribution in [2.75, 3.05) is 19.0 Å². The zero-order valence-electron chi connectivity index (χ0n) is 11.1. The van der Waals surface area contributed by atoms with Crippen LogP contribution in [0.1, 0.15) is 19.8 Å². The SMILES string of the molecule is CCOc1cc(NC2CC(OC)C2)cc([N+](=O)[O-])c1. The first-order chi connectivity index (χ1) is 9.12. The second-order valence-corrected chi connectivity index (χ2v) is 4.58. The molecule has 0 spiro atoms. The van der Waals surface area contributed by atoms with Crippen molar-refractivity contribution in [3.63, 3.8) is 0 Å². The van der Waals surface area contributed by atoms with E-state index in [1.807, 2.05) is 6.92 Å². The van der Waals surface area contributed by atoms with E-state index in [1.54, 1.807) is 13.2 Å². The maximum atomic E-state index is 10.9. The van der Waals surface area contributed by atoms with Crippen LogP contribution in [-0.4, -0.2) is 30.8 Å². The van der Waals surface area contributed by atoms with Crippen molar-refractivity contribution in [1.29, 1.82) is 0 Å². The van der Waals surface area contributed by atoms with Gasteiger partial charge in [-0.3, -0.25) is 10.1 Å². The molecule has 6 heteroatoms. The van der Waals surface area contributed by atoms with Crippen LogP contribution in [0.4, 0.5) is 11.4 Å². The zero-order valence-corrected chi connectivity index (χ0v) is 11.1. The summed E-state index contributed by atoms with van der Waals surface area (Å²) < 4.78 is 10.5. The van der Waals surface area contributed by atoms with Crippen LogP contribution in [0.3, 0.4) is 0 Å². The Morgan fingerprint density at radius 1 is 1.42 bits per heavy atom. The van der Waals surface area contributed by atoms with Gasteiger partial charge in [-0.25, -0.2) is 0 Å². The maximum absolute atomic E-state index is 10.9. The maximum Gasteiger partial charge on any atom is 0.275 e. The predicted octanol–water partition coefficient (Wildman–Crippen LogP) is 2.58. The molecule has 1 N–H and O–H groups in total. The topological polar surface area (TPSA) is 73.6 Å². The van der Waals surface area contributed by atoms with Crippen LogP contribution in [0.2, 0.25) is 0 Å². The number of hydrogen-bond donors (Lipinski definition) is 1. The largest absolute Gasteiger partial charge is 0.494 e. The molecule has 0 aliphatic heterocycles. The Morgan fingerprint density at radius 3 is 2.74 bits per heavy atom. The molecule has 1 saturated carbocycles. The first-order valence-corrected chi connectivity index (χ1v) is 6.34. The van der Waals surface area contributed by atoms with Gasteiger partial charge in [-0.15, -0.1) is 0 Å². The van der Waals surface area contributed by atoms with Crippen molar-refractivity contribution >= 4 is 11.4 Å². The number of anilines is 1. The van der Waals surface area contributed by atoms with Gasteiger partial charge in [-0.05, 0) is 19.8 Å². The minimum Gasteiger partial charge on any atom is -0.494 e. The summed E-state index contributed by atoms with van der Waals surface area (Å²) in [6, 6.07) is 5.06. The minimum atomic E-state index is -0.410. The summed E-state index contributed by atoms with van der Waals surface area (Å²) in [6.07, 6.45) is 2.13. The number of methoxy groups -OCH3 is 1. The van der Waals surface area contributed by atoms with Gasteiger partial charge in [-0.1, -0.05) is 0 Å². The average Bonchev–Trinajstić information content (AvgIpc) is 2.33. The average molecular weight is 266 g/mol. The van der Waals surface area contributed by atoms with E-state index in [0.717, 1.165) is 18.5 Å². The van der Waals surface area contributed by atoms with Crippen LogP contribution in [-0.2, 0) is 4.74 Å². The van der Waals surface area contributed by atoms with Crippen LogP contribution in [0.15, 0.2) is 18.2 Å². The minimum absolute atomic E-state index is 0.0380. The highest BCUT2D eigenvalue weighted by atomic mass is 16.6. The highest BCUT2D eigenvalue weighted by molar-refractivity contribution is 5.57. The Labute approximate surface area is 111 Å². The fraction of sp³-hybridized carbons (Fsp3) is 0.538. The number of nitrogens with zero attached hydrogens (tertiary/aromatic N) is 1. The molecule has 0 bridgehead atoms. The molecule has 1 aromatic carbocycles. The molecule has 6 nitrogen and oxygen atoms in total. The Bertz CT molecular complexity index is 458. The lowest BCUT2D eigenvalue weighted by atomic mass is 9.89. The number of ether oxygens (including phenoxy) is 2. The fourth-order valence-electron chi connectivity index (χ4n) is 2.13. The standard InChI is InChI=1S/C13H18N2O4/c1-3-19-13-7-9(4-11(8-13)15(16)17)14-10-5-12(6-10)18-2/h4,7-8,10,12,14H,3,5-6H2,1-2H3. The van der Waals surface area contributed by atoms with Crippen molar-refractivity contribution in [2.24, 2.45) is 0 Å². The number of benzene rings is 1. The van der Waals surface area contributed by atoms with Crippen LogP contribution >= 0.6 is 0 Å². The lowest BCUT2D eigenvalue weighted by molar-refractivity contribution is -0.384. The summed E-state index contributed by atoms with van der Waals surface area (Å²) in [5.74, 6) is 0.516. The molecule has 0 amide bonds. The molecule has 0 atom stereocenters. The van der Waals surface area contributed by atoms with E-state index in [2.05, 4.69) is 5.32 Å². The molecule has 1 aliphatic carbocycles. The second kappa shape index (κ2) is 5.88. The van der Waals surface area contributed by atoms with Gasteiger partial charge in [0.25, 0.3) is 5.69 Å². The number of non-ortho nitro benzene ring substituents is 1. The molecule has 0 aromatic heterocycles. The summed E-state index contributed by atoms with van der Waals surface area (Å²) in [7, 11) is 1.70. The molecule has 0 heterocycles. The zero-order chi connectivity index (χ0) is 13.8. The summed E-state index contributed by atoms with van der Waals surface area (Å²) in [5.41, 5.74) is 0.758. The van der Waals surface area contributed by atoms with E-state index < -0.39 is 4.92 Å². The Kier molecular flexibility index (Phi) is 4.21. The van der Waals surface area contributed by atoms with Gasteiger partial charge >= 0.3 is 0 Å². The number of nitro groups is 1. The third kappa shape index (κ3) is 3.35. The van der Waals surface area contributed by atoms with Crippen molar-refractivity contribution in [3.05, 3.63) is 28.3 Å². The van der Waals surface area contributed by atoms with Gasteiger partial charge in [-0.2, -0.15) is 0 Å². The monoisotopic (exact) mass is 266 g/mol. The summed E-state index contributed by atoms with van der Waals surface area (Å²) >= 11 is 0. The van der Waals surface area contributed by atoms with Crippen molar-refractivity contribution < 1.29 is 14.4 Å². The van der Waals surface area contributed by atoms with Crippen molar-refractivity contribution in [3.8, 4) is 5.75 Å². The summed E-state index contributed by atoms with van der Waals surface area (Å²) in [5, 5.41) is 14.2. The molecule has 1 fully saturated rings. The molecule has 19 heavy (non-hydrogen) atoms. The lowest BCUT2D eigenvalue weighted by Gasteiger charge is -2.35. The third-order valence-electron chi connectivity index (χ3n) is 3.21. The molecule has 0 unspecified atom stereocenters. The van der Waals surface area contributed by atoms with Crippen LogP contribution in [0.25, 0.3) is 0 Å². The van der Waals surface area contributed by atoms with Crippen LogP contribution < -0.4 is 10.1 Å². The molecule has 0 radical (unpaired) electrons. The van der Waals surface area contributed by atoms with Crippen LogP contribution in [0.5, 0.6) is 5.75 Å². The van der Waals surface area contributed by atoms with Crippen molar-refractivity contribution in [2.45, 2.75) is 31.9 Å². The lowest BCUT2D eigenvalue weighted by Crippen LogP contribution is -2.40. The van der Waals surface area contributed by atoms with E-state index in [1.165, 1.54) is 12.1 Å². The van der Waals surface area contributed by atoms with E-state index in [-0.39, 0.29) is 5.69 Å². The number of rotatable bonds is 6. The van der Waals surface area contributed by atoms with Gasteiger partial charge in [0, 0.05) is 31.0 Å². The number of nitro benzene ring substituents is 1. The molecule has 1 aliphatic rings. The van der Waals surface area contributed by atoms with E-state index in [0.29, 0.717) is 24.5 Å². The van der Waals surface area contributed by atoms with Gasteiger partial charge < -0.3 is 14.8 Å². The molecular weight excluding hydrogens is 248 g/mol. The Hall–Kier alpha value is -1.82. The van der Waals surface area contributed by atoms with Gasteiger partial charge in [0.1, 0.15) is 5.75 Å². The molecule has 0 saturated heterocycles. The number of nitrogens with one attached hydrogen (secondary N) is 1. The quantitative estimate of drug-likeness (QED) is 0.632. The van der Waals surface area contributed by atoms with E-state index >= 15 is 0 Å². The smallest absolute Gasteiger partial charge is 0.275 e. The van der Waals surface area contributed by atoms with Gasteiger partial charge in [0.15, 0.2) is 0 Å². The first kappa shape index (κ1) is 13.6. The van der Waals surface area contributed by atoms with Crippen LogP contribution in [0, 0.1) is 10.1 Å². The van der Waals surface area contributed by atoms with E-state index in [4.69, 9.17) is 9.47 Å². The first-order valence-electron chi connectivity index (χ1n) is 6.34. The van der Waals surface area contributed by atoms with Gasteiger partial charge in [0.2, 0.25) is 0 Å². The van der Waals surface area contributed by atoms with Crippen molar-refractivity contribution in [1.82, 2.24) is 0 Å². The molecule has 2 rings (SSSR count). The molecular formula is C13H18N2O4. The van der Waals surface area contributed by atoms with Gasteiger partial charge in [0.05, 0.1) is 23.7 Å². The summed E-state index contributed by atoms with van der Waals surface area (Å²) in [6.45, 7) is 2.33. The highest BCUT2D eigenvalue weighted by Gasteiger charge is 2.29. The number of hydrogen-bond acceptors (Lipinski definition) is 5. The Morgan fingerprint density at radius 2 is 2.16 bits per heavy atom. The normalized spacial score (nSPS) is 21.6. The highest BCUT2D eigenvalue weighted by Crippen LogP contribution is 2.30. The molecule has 1 aromatic rings. The van der Waals surface area contributed by atoms with E-state index in [9.17, 15) is 10.1 Å². The predicted molar refractivity (Wildman–Crippen MR) is 71.7 cm³/mol. The Balaban J connectivity index is 2.08. The molecule has 104 valence electrons. The fourth-order valence-corrected chi connectivity index (χ4v) is 2.13. The third-order valence-corrected chi connectivity index (χ3v) is 3.21. The summed E-state index contributed by atoms with van der Waals surface area (Å²) in [4.78, 5) is 10.5. The second-order valence-electron chi connectivity index (χ2n) is 4.58.